The highest BCUT2D eigenvalue weighted by atomic mass is 32.1. The van der Waals surface area contributed by atoms with E-state index in [-0.39, 0.29) is 18.2 Å². The number of hydrogen-bond donors (Lipinski definition) is 2. The number of carbonyl (C=O) groups excluding carboxylic acids is 2. The van der Waals surface area contributed by atoms with Gasteiger partial charge in [-0.3, -0.25) is 14.5 Å². The molecule has 0 bridgehead atoms. The summed E-state index contributed by atoms with van der Waals surface area (Å²) < 4.78 is 0. The molecule has 2 N–H and O–H groups in total. The van der Waals surface area contributed by atoms with Crippen LogP contribution in [0.5, 0.6) is 0 Å². The average Bonchev–Trinajstić information content (AvgIpc) is 3.12. The number of nitrogens with one attached hydrogen (secondary N) is 2. The highest BCUT2D eigenvalue weighted by Crippen LogP contribution is 2.16. The number of rotatable bonds is 6. The van der Waals surface area contributed by atoms with Gasteiger partial charge in [0, 0.05) is 26.2 Å². The summed E-state index contributed by atoms with van der Waals surface area (Å²) in [4.78, 5) is 26.7. The lowest BCUT2D eigenvalue weighted by Crippen LogP contribution is -2.56. The second kappa shape index (κ2) is 8.27. The second-order valence-corrected chi connectivity index (χ2v) is 7.10. The van der Waals surface area contributed by atoms with Crippen molar-refractivity contribution < 1.29 is 9.59 Å². The molecular formula is C19H23N3O2S. The van der Waals surface area contributed by atoms with E-state index in [1.54, 1.807) is 11.3 Å². The van der Waals surface area contributed by atoms with E-state index >= 15 is 0 Å². The van der Waals surface area contributed by atoms with Crippen molar-refractivity contribution in [3.8, 4) is 0 Å². The van der Waals surface area contributed by atoms with E-state index in [1.165, 1.54) is 11.1 Å². The zero-order valence-electron chi connectivity index (χ0n) is 14.3. The summed E-state index contributed by atoms with van der Waals surface area (Å²) in [6.45, 7) is 4.64. The van der Waals surface area contributed by atoms with E-state index in [2.05, 4.69) is 34.6 Å². The molecule has 3 rings (SSSR count). The minimum absolute atomic E-state index is 0.0643. The van der Waals surface area contributed by atoms with Gasteiger partial charge in [-0.2, -0.15) is 11.3 Å². The molecule has 1 aromatic carbocycles. The summed E-state index contributed by atoms with van der Waals surface area (Å²) in [6.07, 6.45) is 0.182. The predicted octanol–water partition coefficient (Wildman–Crippen LogP) is 2.06. The van der Waals surface area contributed by atoms with Crippen molar-refractivity contribution in [3.05, 3.63) is 57.8 Å². The molecule has 1 fully saturated rings. The Labute approximate surface area is 152 Å². The molecule has 1 aromatic heterocycles. The Morgan fingerprint density at radius 2 is 2.20 bits per heavy atom. The fourth-order valence-corrected chi connectivity index (χ4v) is 3.69. The van der Waals surface area contributed by atoms with Crippen LogP contribution in [0.15, 0.2) is 41.1 Å². The molecule has 2 amide bonds. The third kappa shape index (κ3) is 4.67. The van der Waals surface area contributed by atoms with Gasteiger partial charge >= 0.3 is 0 Å². The molecule has 2 heterocycles. The van der Waals surface area contributed by atoms with Gasteiger partial charge in [-0.15, -0.1) is 0 Å². The summed E-state index contributed by atoms with van der Waals surface area (Å²) in [5, 5.41) is 9.79. The number of thiophene rings is 1. The van der Waals surface area contributed by atoms with Crippen LogP contribution in [0.1, 0.15) is 23.1 Å². The predicted molar refractivity (Wildman–Crippen MR) is 99.2 cm³/mol. The second-order valence-electron chi connectivity index (χ2n) is 6.32. The first-order chi connectivity index (χ1) is 12.1. The Hall–Kier alpha value is -2.18. The maximum absolute atomic E-state index is 12.3. The van der Waals surface area contributed by atoms with Crippen molar-refractivity contribution in [2.45, 2.75) is 32.5 Å². The van der Waals surface area contributed by atoms with Crippen LogP contribution >= 0.6 is 11.3 Å². The van der Waals surface area contributed by atoms with E-state index in [0.29, 0.717) is 19.6 Å². The molecule has 1 atom stereocenters. The minimum Gasteiger partial charge on any atom is -0.353 e. The minimum atomic E-state index is -0.421. The molecule has 1 aliphatic heterocycles. The molecule has 0 spiro atoms. The quantitative estimate of drug-likeness (QED) is 0.832. The fraction of sp³-hybridized carbons (Fsp3) is 0.368. The van der Waals surface area contributed by atoms with Crippen molar-refractivity contribution in [2.75, 3.05) is 13.1 Å². The number of nitrogens with zero attached hydrogens (tertiary/aromatic N) is 1. The van der Waals surface area contributed by atoms with Crippen LogP contribution in [0, 0.1) is 6.92 Å². The maximum Gasteiger partial charge on any atom is 0.237 e. The standard InChI is InChI=1S/C19H23N3O2S/c1-14-4-2-3-5-16(14)12-22-8-7-20-19(24)17(22)10-18(23)21-11-15-6-9-25-13-15/h2-6,9,13,17H,7-8,10-12H2,1H3,(H,20,24)(H,21,23)/t17-/m1/s1. The fourth-order valence-electron chi connectivity index (χ4n) is 3.02. The van der Waals surface area contributed by atoms with E-state index in [0.717, 1.165) is 12.1 Å². The molecule has 0 aliphatic carbocycles. The molecule has 132 valence electrons. The highest BCUT2D eigenvalue weighted by molar-refractivity contribution is 7.07. The summed E-state index contributed by atoms with van der Waals surface area (Å²) >= 11 is 1.61. The van der Waals surface area contributed by atoms with Gasteiger partial charge in [-0.05, 0) is 40.4 Å². The first kappa shape index (κ1) is 17.6. The Morgan fingerprint density at radius 3 is 2.96 bits per heavy atom. The van der Waals surface area contributed by atoms with Crippen LogP contribution in [0.25, 0.3) is 0 Å². The van der Waals surface area contributed by atoms with E-state index < -0.39 is 6.04 Å². The smallest absolute Gasteiger partial charge is 0.237 e. The lowest BCUT2D eigenvalue weighted by molar-refractivity contribution is -0.134. The number of amides is 2. The molecule has 1 saturated heterocycles. The number of aryl methyl sites for hydroxylation is 1. The summed E-state index contributed by atoms with van der Waals surface area (Å²) in [5.41, 5.74) is 3.48. The van der Waals surface area contributed by atoms with Gasteiger partial charge < -0.3 is 10.6 Å². The van der Waals surface area contributed by atoms with E-state index in [1.807, 2.05) is 29.0 Å². The monoisotopic (exact) mass is 357 g/mol. The van der Waals surface area contributed by atoms with Gasteiger partial charge in [-0.1, -0.05) is 24.3 Å². The highest BCUT2D eigenvalue weighted by Gasteiger charge is 2.31. The zero-order valence-corrected chi connectivity index (χ0v) is 15.1. The van der Waals surface area contributed by atoms with Crippen LogP contribution in [-0.2, 0) is 22.7 Å². The van der Waals surface area contributed by atoms with Crippen LogP contribution in [0.3, 0.4) is 0 Å². The van der Waals surface area contributed by atoms with Gasteiger partial charge in [-0.25, -0.2) is 0 Å². The third-order valence-corrected chi connectivity index (χ3v) is 5.26. The average molecular weight is 357 g/mol. The van der Waals surface area contributed by atoms with Gasteiger partial charge in [0.25, 0.3) is 0 Å². The molecular weight excluding hydrogens is 334 g/mol. The Balaban J connectivity index is 1.62. The van der Waals surface area contributed by atoms with Crippen molar-refractivity contribution in [1.29, 1.82) is 0 Å². The number of benzene rings is 1. The molecule has 0 radical (unpaired) electrons. The Kier molecular flexibility index (Phi) is 5.83. The van der Waals surface area contributed by atoms with E-state index in [9.17, 15) is 9.59 Å². The molecule has 0 unspecified atom stereocenters. The maximum atomic E-state index is 12.3. The summed E-state index contributed by atoms with van der Waals surface area (Å²) in [6, 6.07) is 9.74. The van der Waals surface area contributed by atoms with Crippen LogP contribution in [-0.4, -0.2) is 35.8 Å². The van der Waals surface area contributed by atoms with Crippen molar-refractivity contribution >= 4 is 23.2 Å². The summed E-state index contributed by atoms with van der Waals surface area (Å²) in [7, 11) is 0. The summed E-state index contributed by atoms with van der Waals surface area (Å²) in [5.74, 6) is -0.159. The zero-order chi connectivity index (χ0) is 17.6. The molecule has 6 heteroatoms. The van der Waals surface area contributed by atoms with Gasteiger partial charge in [0.05, 0.1) is 12.5 Å². The number of hydrogen-bond acceptors (Lipinski definition) is 4. The van der Waals surface area contributed by atoms with Crippen LogP contribution in [0.4, 0.5) is 0 Å². The molecule has 0 saturated carbocycles. The van der Waals surface area contributed by atoms with E-state index in [4.69, 9.17) is 0 Å². The Morgan fingerprint density at radius 1 is 1.36 bits per heavy atom. The lowest BCUT2D eigenvalue weighted by atomic mass is 10.0. The molecule has 1 aliphatic rings. The largest absolute Gasteiger partial charge is 0.353 e. The van der Waals surface area contributed by atoms with Gasteiger partial charge in [0.1, 0.15) is 0 Å². The van der Waals surface area contributed by atoms with Crippen LogP contribution < -0.4 is 10.6 Å². The first-order valence-electron chi connectivity index (χ1n) is 8.47. The molecule has 5 nitrogen and oxygen atoms in total. The number of piperazine rings is 1. The molecule has 25 heavy (non-hydrogen) atoms. The van der Waals surface area contributed by atoms with Crippen molar-refractivity contribution in [1.82, 2.24) is 15.5 Å². The van der Waals surface area contributed by atoms with Crippen molar-refractivity contribution in [2.24, 2.45) is 0 Å². The van der Waals surface area contributed by atoms with Crippen molar-refractivity contribution in [3.63, 3.8) is 0 Å². The Bertz CT molecular complexity index is 730. The normalized spacial score (nSPS) is 18.0. The third-order valence-electron chi connectivity index (χ3n) is 4.52. The molecule has 2 aromatic rings. The van der Waals surface area contributed by atoms with Crippen LogP contribution in [0.2, 0.25) is 0 Å². The topological polar surface area (TPSA) is 61.4 Å². The first-order valence-corrected chi connectivity index (χ1v) is 9.42. The number of carbonyl (C=O) groups is 2. The lowest BCUT2D eigenvalue weighted by Gasteiger charge is -2.35. The van der Waals surface area contributed by atoms with Gasteiger partial charge in [0.2, 0.25) is 11.8 Å². The van der Waals surface area contributed by atoms with Gasteiger partial charge in [0.15, 0.2) is 0 Å². The SMILES string of the molecule is Cc1ccccc1CN1CCNC(=O)[C@H]1CC(=O)NCc1ccsc1.